The van der Waals surface area contributed by atoms with Gasteiger partial charge in [-0.15, -0.1) is 11.3 Å². The fourth-order valence-electron chi connectivity index (χ4n) is 4.69. The smallest absolute Gasteiger partial charge is 0.328 e. The van der Waals surface area contributed by atoms with Crippen molar-refractivity contribution in [2.24, 2.45) is 5.41 Å². The topological polar surface area (TPSA) is 106 Å². The molecular formula is C28H30N2O6S2. The maximum Gasteiger partial charge on any atom is 0.328 e. The van der Waals surface area contributed by atoms with Crippen LogP contribution in [0.2, 0.25) is 0 Å². The molecule has 1 aliphatic carbocycles. The van der Waals surface area contributed by atoms with Gasteiger partial charge in [0.25, 0.3) is 10.0 Å². The molecule has 0 bridgehead atoms. The molecule has 2 aromatic carbocycles. The first-order chi connectivity index (χ1) is 18.1. The van der Waals surface area contributed by atoms with Crippen LogP contribution in [0.5, 0.6) is 5.75 Å². The Hall–Kier alpha value is -3.21. The fourth-order valence-corrected chi connectivity index (χ4v) is 7.44. The van der Waals surface area contributed by atoms with Gasteiger partial charge in [-0.05, 0) is 66.6 Å². The molecule has 200 valence electrons. The van der Waals surface area contributed by atoms with Crippen LogP contribution in [0, 0.1) is 12.3 Å². The van der Waals surface area contributed by atoms with Crippen LogP contribution in [-0.4, -0.2) is 44.2 Å². The van der Waals surface area contributed by atoms with Crippen LogP contribution in [0.15, 0.2) is 52.2 Å². The van der Waals surface area contributed by atoms with E-state index in [9.17, 15) is 13.2 Å². The Balaban J connectivity index is 1.49. The number of aromatic nitrogens is 1. The number of aryl methyl sites for hydroxylation is 3. The van der Waals surface area contributed by atoms with Gasteiger partial charge in [0.1, 0.15) is 12.4 Å². The predicted octanol–water partition coefficient (Wildman–Crippen LogP) is 4.85. The minimum Gasteiger partial charge on any atom is -0.487 e. The minimum absolute atomic E-state index is 0.0651. The lowest BCUT2D eigenvalue weighted by Gasteiger charge is -2.42. The van der Waals surface area contributed by atoms with Crippen molar-refractivity contribution in [3.05, 3.63) is 75.8 Å². The van der Waals surface area contributed by atoms with Crippen molar-refractivity contribution < 1.29 is 27.8 Å². The van der Waals surface area contributed by atoms with Gasteiger partial charge in [0.2, 0.25) is 4.34 Å². The quantitative estimate of drug-likeness (QED) is 0.357. The average Bonchev–Trinajstić information content (AvgIpc) is 3.52. The number of sulfonamides is 1. The summed E-state index contributed by atoms with van der Waals surface area (Å²) in [5.74, 6) is -0.488. The summed E-state index contributed by atoms with van der Waals surface area (Å²) >= 11 is 1.12. The number of aliphatic carboxylic acids is 1. The minimum atomic E-state index is -3.93. The van der Waals surface area contributed by atoms with Crippen LogP contribution in [0.1, 0.15) is 41.3 Å². The molecule has 0 atom stereocenters. The molecule has 38 heavy (non-hydrogen) atoms. The van der Waals surface area contributed by atoms with Gasteiger partial charge in [0.15, 0.2) is 0 Å². The van der Waals surface area contributed by atoms with Crippen molar-refractivity contribution in [1.82, 2.24) is 4.98 Å². The van der Waals surface area contributed by atoms with Crippen molar-refractivity contribution in [3.8, 4) is 5.75 Å². The summed E-state index contributed by atoms with van der Waals surface area (Å²) < 4.78 is 41.2. The Morgan fingerprint density at radius 2 is 1.92 bits per heavy atom. The summed E-state index contributed by atoms with van der Waals surface area (Å²) in [6, 6.07) is 11.3. The number of rotatable bonds is 10. The largest absolute Gasteiger partial charge is 0.487 e. The van der Waals surface area contributed by atoms with E-state index in [4.69, 9.17) is 14.6 Å². The van der Waals surface area contributed by atoms with Gasteiger partial charge in [0.05, 0.1) is 18.9 Å². The molecule has 1 saturated heterocycles. The first-order valence-electron chi connectivity index (χ1n) is 12.4. The second-order valence-corrected chi connectivity index (χ2v) is 13.1. The highest BCUT2D eigenvalue weighted by Crippen LogP contribution is 2.41. The van der Waals surface area contributed by atoms with E-state index in [-0.39, 0.29) is 22.9 Å². The third-order valence-corrected chi connectivity index (χ3v) is 9.88. The number of anilines is 1. The predicted molar refractivity (Wildman–Crippen MR) is 146 cm³/mol. The zero-order valence-electron chi connectivity index (χ0n) is 21.3. The molecule has 0 unspecified atom stereocenters. The highest BCUT2D eigenvalue weighted by molar-refractivity contribution is 7.94. The van der Waals surface area contributed by atoms with E-state index < -0.39 is 16.0 Å². The Labute approximate surface area is 226 Å². The van der Waals surface area contributed by atoms with Crippen LogP contribution in [0.3, 0.4) is 0 Å². The van der Waals surface area contributed by atoms with Gasteiger partial charge in [-0.25, -0.2) is 9.78 Å². The molecule has 2 aliphatic rings. The molecule has 3 aromatic rings. The van der Waals surface area contributed by atoms with E-state index in [0.29, 0.717) is 30.3 Å². The number of carbonyl (C=O) groups is 1. The van der Waals surface area contributed by atoms with Gasteiger partial charge < -0.3 is 14.6 Å². The SMILES string of the molecule is Cc1csc(S(=O)(=O)N(CC2(C)COC2)c2cc3c(cc2OCc2ccc(/C=C/C(=O)O)cc2)CCC3)n1. The lowest BCUT2D eigenvalue weighted by molar-refractivity contribution is -0.131. The number of carboxylic acid groups (broad SMARTS) is 1. The van der Waals surface area contributed by atoms with E-state index in [1.165, 1.54) is 15.9 Å². The molecule has 8 nitrogen and oxygen atoms in total. The summed E-state index contributed by atoms with van der Waals surface area (Å²) in [4.78, 5) is 15.1. The number of nitrogens with zero attached hydrogens (tertiary/aromatic N) is 2. The van der Waals surface area contributed by atoms with Gasteiger partial charge in [0, 0.05) is 29.1 Å². The summed E-state index contributed by atoms with van der Waals surface area (Å²) in [6.45, 7) is 5.28. The maximum absolute atomic E-state index is 14.0. The van der Waals surface area contributed by atoms with Gasteiger partial charge in [-0.1, -0.05) is 31.2 Å². The zero-order valence-corrected chi connectivity index (χ0v) is 23.0. The molecule has 0 amide bonds. The lowest BCUT2D eigenvalue weighted by atomic mass is 9.88. The lowest BCUT2D eigenvalue weighted by Crippen LogP contribution is -2.50. The fraction of sp³-hybridized carbons (Fsp3) is 0.357. The Kier molecular flexibility index (Phi) is 7.30. The highest BCUT2D eigenvalue weighted by atomic mass is 32.2. The van der Waals surface area contributed by atoms with E-state index in [0.717, 1.165) is 53.4 Å². The second kappa shape index (κ2) is 10.5. The first-order valence-corrected chi connectivity index (χ1v) is 14.8. The van der Waals surface area contributed by atoms with Gasteiger partial charge >= 0.3 is 5.97 Å². The maximum atomic E-state index is 14.0. The van der Waals surface area contributed by atoms with Crippen molar-refractivity contribution in [2.45, 2.75) is 44.1 Å². The molecule has 0 saturated carbocycles. The number of benzene rings is 2. The molecule has 10 heteroatoms. The summed E-state index contributed by atoms with van der Waals surface area (Å²) in [6.07, 6.45) is 5.47. The third-order valence-electron chi connectivity index (χ3n) is 6.77. The third kappa shape index (κ3) is 5.62. The summed E-state index contributed by atoms with van der Waals surface area (Å²) in [5.41, 5.74) is 4.85. The van der Waals surface area contributed by atoms with E-state index in [1.807, 2.05) is 43.3 Å². The van der Waals surface area contributed by atoms with Crippen molar-refractivity contribution in [2.75, 3.05) is 24.1 Å². The summed E-state index contributed by atoms with van der Waals surface area (Å²) in [5, 5.41) is 10.6. The van der Waals surface area contributed by atoms with Crippen LogP contribution in [0.4, 0.5) is 5.69 Å². The van der Waals surface area contributed by atoms with E-state index in [2.05, 4.69) is 4.98 Å². The summed E-state index contributed by atoms with van der Waals surface area (Å²) in [7, 11) is -3.93. The van der Waals surface area contributed by atoms with Crippen LogP contribution in [0.25, 0.3) is 6.08 Å². The normalized spacial score (nSPS) is 16.3. The second-order valence-electron chi connectivity index (χ2n) is 10.2. The monoisotopic (exact) mass is 554 g/mol. The van der Waals surface area contributed by atoms with E-state index >= 15 is 0 Å². The molecule has 1 aliphatic heterocycles. The van der Waals surface area contributed by atoms with Crippen LogP contribution < -0.4 is 9.04 Å². The zero-order chi connectivity index (χ0) is 26.9. The molecule has 0 spiro atoms. The molecule has 1 fully saturated rings. The molecular weight excluding hydrogens is 524 g/mol. The number of carboxylic acids is 1. The molecule has 2 heterocycles. The molecule has 1 N–H and O–H groups in total. The van der Waals surface area contributed by atoms with Gasteiger partial charge in [-0.2, -0.15) is 8.42 Å². The number of thiazole rings is 1. The number of hydrogen-bond acceptors (Lipinski definition) is 7. The molecule has 1 aromatic heterocycles. The Bertz CT molecular complexity index is 1470. The highest BCUT2D eigenvalue weighted by Gasteiger charge is 2.41. The van der Waals surface area contributed by atoms with Crippen molar-refractivity contribution in [3.63, 3.8) is 0 Å². The van der Waals surface area contributed by atoms with Crippen molar-refractivity contribution >= 4 is 39.1 Å². The first kappa shape index (κ1) is 26.4. The van der Waals surface area contributed by atoms with Gasteiger partial charge in [-0.3, -0.25) is 4.31 Å². The number of ether oxygens (including phenoxy) is 2. The van der Waals surface area contributed by atoms with Crippen molar-refractivity contribution in [1.29, 1.82) is 0 Å². The van der Waals surface area contributed by atoms with Crippen LogP contribution in [-0.2, 0) is 39.0 Å². The average molecular weight is 555 g/mol. The molecule has 0 radical (unpaired) electrons. The number of fused-ring (bicyclic) bond motifs is 1. The Morgan fingerprint density at radius 3 is 2.53 bits per heavy atom. The standard InChI is InChI=1S/C28H30N2O6S2/c1-19-15-37-27(29-19)38(33,34)30(16-28(2)17-35-18-28)24-12-22-4-3-5-23(22)13-25(24)36-14-21-8-6-20(7-9-21)10-11-26(31)32/h6-13,15H,3-5,14,16-18H2,1-2H3,(H,31,32)/b11-10+. The van der Waals surface area contributed by atoms with E-state index in [1.54, 1.807) is 12.3 Å². The van der Waals surface area contributed by atoms with Crippen LogP contribution >= 0.6 is 11.3 Å². The molecule has 5 rings (SSSR count). The Morgan fingerprint density at radius 1 is 1.21 bits per heavy atom. The number of hydrogen-bond donors (Lipinski definition) is 1.